The molecule has 1 aromatic rings. The summed E-state index contributed by atoms with van der Waals surface area (Å²) in [5.41, 5.74) is 0.752. The summed E-state index contributed by atoms with van der Waals surface area (Å²) in [6.07, 6.45) is -2.91. The summed E-state index contributed by atoms with van der Waals surface area (Å²) in [4.78, 5) is 22.5. The van der Waals surface area contributed by atoms with Gasteiger partial charge in [0.1, 0.15) is 5.75 Å². The van der Waals surface area contributed by atoms with Gasteiger partial charge < -0.3 is 15.2 Å². The maximum atomic E-state index is 12.6. The number of hydrogen-bond donors (Lipinski definition) is 2. The van der Waals surface area contributed by atoms with Crippen molar-refractivity contribution in [3.8, 4) is 5.75 Å². The van der Waals surface area contributed by atoms with Crippen molar-refractivity contribution >= 4 is 11.9 Å². The van der Waals surface area contributed by atoms with Crippen LogP contribution in [0.1, 0.15) is 37.7 Å². The van der Waals surface area contributed by atoms with Gasteiger partial charge in [-0.25, -0.2) is 4.79 Å². The van der Waals surface area contributed by atoms with E-state index in [0.717, 1.165) is 5.56 Å². The lowest BCUT2D eigenvalue weighted by Gasteiger charge is -2.29. The van der Waals surface area contributed by atoms with Crippen molar-refractivity contribution in [1.82, 2.24) is 5.32 Å². The molecule has 0 radical (unpaired) electrons. The van der Waals surface area contributed by atoms with Gasteiger partial charge >= 0.3 is 12.1 Å². The lowest BCUT2D eigenvalue weighted by Crippen LogP contribution is -2.30. The molecule has 1 aliphatic rings. The molecule has 2 N–H and O–H groups in total. The number of hydrogen-bond acceptors (Lipinski definition) is 3. The fourth-order valence-corrected chi connectivity index (χ4v) is 3.12. The van der Waals surface area contributed by atoms with Crippen molar-refractivity contribution < 1.29 is 32.6 Å². The van der Waals surface area contributed by atoms with Gasteiger partial charge in [-0.1, -0.05) is 12.1 Å². The second kappa shape index (κ2) is 8.91. The highest BCUT2D eigenvalue weighted by atomic mass is 19.4. The third kappa shape index (κ3) is 6.57. The number of carbonyl (C=O) groups excluding carboxylic acids is 1. The van der Waals surface area contributed by atoms with Gasteiger partial charge in [0.15, 0.2) is 6.61 Å². The minimum Gasteiger partial charge on any atom is -0.482 e. The Balaban J connectivity index is 1.74. The van der Waals surface area contributed by atoms with E-state index >= 15 is 0 Å². The van der Waals surface area contributed by atoms with Crippen LogP contribution in [0.3, 0.4) is 0 Å². The number of alkyl halides is 3. The average molecular weight is 373 g/mol. The van der Waals surface area contributed by atoms with Gasteiger partial charge in [0.05, 0.1) is 5.92 Å². The van der Waals surface area contributed by atoms with Crippen LogP contribution in [0.4, 0.5) is 13.2 Å². The Kier molecular flexibility index (Phi) is 6.88. The van der Waals surface area contributed by atoms with Gasteiger partial charge in [0.2, 0.25) is 5.91 Å². The number of amides is 1. The SMILES string of the molecule is O=C(O)COc1cccc(CNC(=O)CC2CCC(C(F)(F)F)CC2)c1. The molecule has 26 heavy (non-hydrogen) atoms. The van der Waals surface area contributed by atoms with Crippen molar-refractivity contribution in [1.29, 1.82) is 0 Å². The van der Waals surface area contributed by atoms with Gasteiger partial charge in [-0.15, -0.1) is 0 Å². The Morgan fingerprint density at radius 2 is 1.88 bits per heavy atom. The van der Waals surface area contributed by atoms with E-state index in [9.17, 15) is 22.8 Å². The van der Waals surface area contributed by atoms with Crippen LogP contribution in [0.5, 0.6) is 5.75 Å². The molecular formula is C18H22F3NO4. The van der Waals surface area contributed by atoms with E-state index in [2.05, 4.69) is 5.32 Å². The van der Waals surface area contributed by atoms with Crippen LogP contribution in [0.15, 0.2) is 24.3 Å². The van der Waals surface area contributed by atoms with Crippen molar-refractivity contribution in [3.63, 3.8) is 0 Å². The molecule has 1 aromatic carbocycles. The first-order valence-electron chi connectivity index (χ1n) is 8.51. The molecule has 1 fully saturated rings. The number of ether oxygens (including phenoxy) is 1. The van der Waals surface area contributed by atoms with Crippen molar-refractivity contribution in [3.05, 3.63) is 29.8 Å². The lowest BCUT2D eigenvalue weighted by atomic mass is 9.80. The molecule has 1 amide bonds. The molecule has 5 nitrogen and oxygen atoms in total. The number of benzene rings is 1. The minimum absolute atomic E-state index is 0.0150. The predicted octanol–water partition coefficient (Wildman–Crippen LogP) is 3.53. The van der Waals surface area contributed by atoms with E-state index < -0.39 is 24.7 Å². The molecule has 0 spiro atoms. The Morgan fingerprint density at radius 1 is 1.19 bits per heavy atom. The van der Waals surface area contributed by atoms with E-state index in [1.165, 1.54) is 0 Å². The van der Waals surface area contributed by atoms with Crippen LogP contribution < -0.4 is 10.1 Å². The maximum Gasteiger partial charge on any atom is 0.391 e. The number of carbonyl (C=O) groups is 2. The van der Waals surface area contributed by atoms with Crippen LogP contribution in [-0.2, 0) is 16.1 Å². The molecule has 0 unspecified atom stereocenters. The smallest absolute Gasteiger partial charge is 0.391 e. The number of carboxylic acids is 1. The largest absolute Gasteiger partial charge is 0.482 e. The predicted molar refractivity (Wildman–Crippen MR) is 87.5 cm³/mol. The summed E-state index contributed by atoms with van der Waals surface area (Å²) in [6, 6.07) is 6.71. The topological polar surface area (TPSA) is 75.6 Å². The molecule has 0 aliphatic heterocycles. The highest BCUT2D eigenvalue weighted by Crippen LogP contribution is 2.40. The summed E-state index contributed by atoms with van der Waals surface area (Å²) in [5, 5.41) is 11.3. The normalized spacial score (nSPS) is 20.4. The van der Waals surface area contributed by atoms with Crippen LogP contribution in [-0.4, -0.2) is 29.8 Å². The maximum absolute atomic E-state index is 12.6. The molecule has 0 aromatic heterocycles. The van der Waals surface area contributed by atoms with Gasteiger partial charge in [-0.3, -0.25) is 4.79 Å². The number of rotatable bonds is 7. The summed E-state index contributed by atoms with van der Waals surface area (Å²) in [6.45, 7) is -0.197. The highest BCUT2D eigenvalue weighted by Gasteiger charge is 2.41. The fourth-order valence-electron chi connectivity index (χ4n) is 3.12. The molecule has 0 atom stereocenters. The first kappa shape index (κ1) is 20.1. The third-order valence-corrected chi connectivity index (χ3v) is 4.53. The van der Waals surface area contributed by atoms with Crippen molar-refractivity contribution in [2.75, 3.05) is 6.61 Å². The van der Waals surface area contributed by atoms with Gasteiger partial charge in [-0.05, 0) is 49.3 Å². The first-order chi connectivity index (χ1) is 12.2. The van der Waals surface area contributed by atoms with E-state index in [4.69, 9.17) is 9.84 Å². The summed E-state index contributed by atoms with van der Waals surface area (Å²) in [7, 11) is 0. The molecule has 144 valence electrons. The number of carboxylic acid groups (broad SMARTS) is 1. The van der Waals surface area contributed by atoms with Crippen LogP contribution in [0.25, 0.3) is 0 Å². The van der Waals surface area contributed by atoms with Crippen LogP contribution in [0, 0.1) is 11.8 Å². The zero-order valence-electron chi connectivity index (χ0n) is 14.2. The molecule has 0 heterocycles. The summed E-state index contributed by atoms with van der Waals surface area (Å²) in [5.74, 6) is -2.14. The molecule has 8 heteroatoms. The zero-order chi connectivity index (χ0) is 19.2. The zero-order valence-corrected chi connectivity index (χ0v) is 14.2. The molecule has 1 aliphatic carbocycles. The Bertz CT molecular complexity index is 625. The molecular weight excluding hydrogens is 351 g/mol. The Hall–Kier alpha value is -2.25. The Morgan fingerprint density at radius 3 is 2.50 bits per heavy atom. The standard InChI is InChI=1S/C18H22F3NO4/c19-18(20,21)14-6-4-12(5-7-14)9-16(23)22-10-13-2-1-3-15(8-13)26-11-17(24)25/h1-3,8,12,14H,4-7,9-11H2,(H,22,23)(H,24,25). The third-order valence-electron chi connectivity index (χ3n) is 4.53. The molecule has 2 rings (SSSR count). The quantitative estimate of drug-likeness (QED) is 0.767. The average Bonchev–Trinajstić information content (AvgIpc) is 2.58. The minimum atomic E-state index is -4.14. The number of aliphatic carboxylic acids is 1. The lowest BCUT2D eigenvalue weighted by molar-refractivity contribution is -0.184. The van der Waals surface area contributed by atoms with Crippen molar-refractivity contribution in [2.24, 2.45) is 11.8 Å². The molecule has 0 bridgehead atoms. The number of nitrogens with one attached hydrogen (secondary N) is 1. The van der Waals surface area contributed by atoms with Crippen molar-refractivity contribution in [2.45, 2.75) is 44.8 Å². The second-order valence-corrected chi connectivity index (χ2v) is 6.57. The Labute approximate surface area is 149 Å². The molecule has 0 saturated heterocycles. The highest BCUT2D eigenvalue weighted by molar-refractivity contribution is 5.76. The number of halogens is 3. The van der Waals surface area contributed by atoms with E-state index in [1.807, 2.05) is 0 Å². The molecule has 1 saturated carbocycles. The fraction of sp³-hybridized carbons (Fsp3) is 0.556. The van der Waals surface area contributed by atoms with Gasteiger partial charge in [0, 0.05) is 13.0 Å². The van der Waals surface area contributed by atoms with Crippen LogP contribution >= 0.6 is 0 Å². The summed E-state index contributed by atoms with van der Waals surface area (Å²) >= 11 is 0. The van der Waals surface area contributed by atoms with E-state index in [-0.39, 0.29) is 37.6 Å². The van der Waals surface area contributed by atoms with Gasteiger partial charge in [-0.2, -0.15) is 13.2 Å². The van der Waals surface area contributed by atoms with Crippen LogP contribution in [0.2, 0.25) is 0 Å². The monoisotopic (exact) mass is 373 g/mol. The first-order valence-corrected chi connectivity index (χ1v) is 8.51. The van der Waals surface area contributed by atoms with E-state index in [1.54, 1.807) is 24.3 Å². The second-order valence-electron chi connectivity index (χ2n) is 6.57. The summed E-state index contributed by atoms with van der Waals surface area (Å²) < 4.78 is 43.0. The van der Waals surface area contributed by atoms with E-state index in [0.29, 0.717) is 18.6 Å². The van der Waals surface area contributed by atoms with Gasteiger partial charge in [0.25, 0.3) is 0 Å².